The Hall–Kier alpha value is -0.710. The highest BCUT2D eigenvalue weighted by molar-refractivity contribution is 8.00. The van der Waals surface area contributed by atoms with Gasteiger partial charge < -0.3 is 10.1 Å². The van der Waals surface area contributed by atoms with Crippen LogP contribution in [0.25, 0.3) is 0 Å². The first-order chi connectivity index (χ1) is 8.61. The highest BCUT2D eigenvalue weighted by atomic mass is 32.2. The van der Waals surface area contributed by atoms with Gasteiger partial charge in [-0.2, -0.15) is 0 Å². The van der Waals surface area contributed by atoms with Crippen molar-refractivity contribution in [3.05, 3.63) is 0 Å². The largest absolute Gasteiger partial charge is 0.469 e. The van der Waals surface area contributed by atoms with Gasteiger partial charge in [0.25, 0.3) is 0 Å². The number of nitrogens with one attached hydrogen (secondary N) is 1. The molecular formula is C13H23NO3S. The van der Waals surface area contributed by atoms with E-state index in [4.69, 9.17) is 0 Å². The Bertz CT molecular complexity index is 277. The molecule has 0 spiro atoms. The lowest BCUT2D eigenvalue weighted by atomic mass is 9.95. The SMILES string of the molecule is COC(=O)CC(C)SCC(=O)NC1CCCCC1. The summed E-state index contributed by atoms with van der Waals surface area (Å²) in [5, 5.41) is 3.19. The van der Waals surface area contributed by atoms with Crippen LogP contribution in [-0.4, -0.2) is 36.0 Å². The maximum absolute atomic E-state index is 11.7. The molecule has 0 aromatic carbocycles. The number of amides is 1. The highest BCUT2D eigenvalue weighted by Crippen LogP contribution is 2.18. The van der Waals surface area contributed by atoms with Crippen LogP contribution in [0, 0.1) is 0 Å². The Kier molecular flexibility index (Phi) is 7.16. The van der Waals surface area contributed by atoms with E-state index < -0.39 is 0 Å². The summed E-state index contributed by atoms with van der Waals surface area (Å²) in [5.74, 6) is 0.292. The Labute approximate surface area is 113 Å². The lowest BCUT2D eigenvalue weighted by molar-refractivity contribution is -0.140. The average molecular weight is 273 g/mol. The first-order valence-electron chi connectivity index (χ1n) is 6.59. The van der Waals surface area contributed by atoms with Gasteiger partial charge in [0.15, 0.2) is 0 Å². The van der Waals surface area contributed by atoms with Crippen molar-refractivity contribution in [1.82, 2.24) is 5.32 Å². The molecule has 1 fully saturated rings. The number of carbonyl (C=O) groups is 2. The molecule has 1 saturated carbocycles. The van der Waals surface area contributed by atoms with Crippen molar-refractivity contribution in [2.45, 2.75) is 56.7 Å². The summed E-state index contributed by atoms with van der Waals surface area (Å²) in [6, 6.07) is 0.364. The van der Waals surface area contributed by atoms with Crippen LogP contribution in [0.4, 0.5) is 0 Å². The normalized spacial score (nSPS) is 18.1. The van der Waals surface area contributed by atoms with Crippen molar-refractivity contribution in [3.8, 4) is 0 Å². The average Bonchev–Trinajstić information content (AvgIpc) is 2.37. The van der Waals surface area contributed by atoms with E-state index in [0.717, 1.165) is 12.8 Å². The number of carbonyl (C=O) groups excluding carboxylic acids is 2. The van der Waals surface area contributed by atoms with E-state index in [1.807, 2.05) is 6.92 Å². The fourth-order valence-electron chi connectivity index (χ4n) is 2.11. The fourth-order valence-corrected chi connectivity index (χ4v) is 2.88. The third-order valence-corrected chi connectivity index (χ3v) is 4.32. The van der Waals surface area contributed by atoms with Gasteiger partial charge in [0, 0.05) is 11.3 Å². The summed E-state index contributed by atoms with van der Waals surface area (Å²) < 4.78 is 4.60. The van der Waals surface area contributed by atoms with Crippen molar-refractivity contribution < 1.29 is 14.3 Å². The number of ether oxygens (including phenoxy) is 1. The number of hydrogen-bond donors (Lipinski definition) is 1. The monoisotopic (exact) mass is 273 g/mol. The molecule has 0 aliphatic heterocycles. The molecule has 0 bridgehead atoms. The van der Waals surface area contributed by atoms with Crippen LogP contribution in [0.5, 0.6) is 0 Å². The maximum atomic E-state index is 11.7. The second-order valence-corrected chi connectivity index (χ2v) is 6.23. The molecule has 1 atom stereocenters. The molecule has 0 aromatic heterocycles. The first-order valence-corrected chi connectivity index (χ1v) is 7.64. The smallest absolute Gasteiger partial charge is 0.306 e. The van der Waals surface area contributed by atoms with Crippen LogP contribution in [0.15, 0.2) is 0 Å². The molecule has 1 unspecified atom stereocenters. The summed E-state index contributed by atoms with van der Waals surface area (Å²) in [4.78, 5) is 22.8. The second kappa shape index (κ2) is 8.40. The van der Waals surface area contributed by atoms with E-state index in [2.05, 4.69) is 10.1 Å². The molecule has 5 heteroatoms. The molecule has 1 aliphatic rings. The van der Waals surface area contributed by atoms with E-state index in [0.29, 0.717) is 18.2 Å². The number of rotatable bonds is 6. The minimum atomic E-state index is -0.220. The van der Waals surface area contributed by atoms with Crippen LogP contribution in [0.2, 0.25) is 0 Å². The Morgan fingerprint density at radius 1 is 1.33 bits per heavy atom. The van der Waals surface area contributed by atoms with Crippen LogP contribution < -0.4 is 5.32 Å². The van der Waals surface area contributed by atoms with Gasteiger partial charge in [-0.25, -0.2) is 0 Å². The first kappa shape index (κ1) is 15.3. The number of hydrogen-bond acceptors (Lipinski definition) is 4. The zero-order valence-electron chi connectivity index (χ0n) is 11.2. The van der Waals surface area contributed by atoms with Crippen LogP contribution in [-0.2, 0) is 14.3 Å². The van der Waals surface area contributed by atoms with Gasteiger partial charge in [0.1, 0.15) is 0 Å². The van der Waals surface area contributed by atoms with Gasteiger partial charge >= 0.3 is 5.97 Å². The van der Waals surface area contributed by atoms with Crippen molar-refractivity contribution in [3.63, 3.8) is 0 Å². The minimum absolute atomic E-state index is 0.0867. The lowest BCUT2D eigenvalue weighted by Crippen LogP contribution is -2.37. The molecule has 0 aromatic rings. The molecule has 1 amide bonds. The van der Waals surface area contributed by atoms with Gasteiger partial charge in [-0.1, -0.05) is 26.2 Å². The number of methoxy groups -OCH3 is 1. The Morgan fingerprint density at radius 3 is 2.61 bits per heavy atom. The van der Waals surface area contributed by atoms with Crippen LogP contribution in [0.3, 0.4) is 0 Å². The Balaban J connectivity index is 2.13. The van der Waals surface area contributed by atoms with E-state index >= 15 is 0 Å². The third kappa shape index (κ3) is 6.28. The predicted molar refractivity (Wildman–Crippen MR) is 73.6 cm³/mol. The molecule has 4 nitrogen and oxygen atoms in total. The van der Waals surface area contributed by atoms with Gasteiger partial charge in [0.05, 0.1) is 19.3 Å². The summed E-state index contributed by atoms with van der Waals surface area (Å²) in [7, 11) is 1.38. The molecule has 0 heterocycles. The van der Waals surface area contributed by atoms with E-state index in [1.165, 1.54) is 38.1 Å². The highest BCUT2D eigenvalue weighted by Gasteiger charge is 2.17. The second-order valence-electron chi connectivity index (χ2n) is 4.80. The zero-order chi connectivity index (χ0) is 13.4. The summed E-state index contributed by atoms with van der Waals surface area (Å²) >= 11 is 1.50. The molecule has 104 valence electrons. The molecular weight excluding hydrogens is 250 g/mol. The number of esters is 1. The lowest BCUT2D eigenvalue weighted by Gasteiger charge is -2.22. The molecule has 1 aliphatic carbocycles. The van der Waals surface area contributed by atoms with Crippen molar-refractivity contribution >= 4 is 23.6 Å². The predicted octanol–water partition coefficient (Wildman–Crippen LogP) is 2.12. The quantitative estimate of drug-likeness (QED) is 0.753. The molecule has 1 rings (SSSR count). The third-order valence-electron chi connectivity index (χ3n) is 3.15. The van der Waals surface area contributed by atoms with E-state index in [9.17, 15) is 9.59 Å². The van der Waals surface area contributed by atoms with Crippen molar-refractivity contribution in [2.24, 2.45) is 0 Å². The van der Waals surface area contributed by atoms with Gasteiger partial charge in [0.2, 0.25) is 5.91 Å². The molecule has 0 saturated heterocycles. The Morgan fingerprint density at radius 2 is 2.00 bits per heavy atom. The van der Waals surface area contributed by atoms with Crippen LogP contribution in [0.1, 0.15) is 45.4 Å². The fraction of sp³-hybridized carbons (Fsp3) is 0.846. The summed E-state index contributed by atoms with van der Waals surface area (Å²) in [6.07, 6.45) is 6.30. The van der Waals surface area contributed by atoms with Gasteiger partial charge in [-0.15, -0.1) is 11.8 Å². The maximum Gasteiger partial charge on any atom is 0.306 e. The molecule has 18 heavy (non-hydrogen) atoms. The standard InChI is InChI=1S/C13H23NO3S/c1-10(8-13(16)17-2)18-9-12(15)14-11-6-4-3-5-7-11/h10-11H,3-9H2,1-2H3,(H,14,15). The number of thioether (sulfide) groups is 1. The van der Waals surface area contributed by atoms with Crippen molar-refractivity contribution in [1.29, 1.82) is 0 Å². The zero-order valence-corrected chi connectivity index (χ0v) is 12.1. The summed E-state index contributed by atoms with van der Waals surface area (Å²) in [6.45, 7) is 1.94. The minimum Gasteiger partial charge on any atom is -0.469 e. The topological polar surface area (TPSA) is 55.4 Å². The van der Waals surface area contributed by atoms with Crippen LogP contribution >= 0.6 is 11.8 Å². The van der Waals surface area contributed by atoms with Crippen molar-refractivity contribution in [2.75, 3.05) is 12.9 Å². The van der Waals surface area contributed by atoms with E-state index in [-0.39, 0.29) is 17.1 Å². The molecule has 1 N–H and O–H groups in total. The summed E-state index contributed by atoms with van der Waals surface area (Å²) in [5.41, 5.74) is 0. The molecule has 0 radical (unpaired) electrons. The van der Waals surface area contributed by atoms with E-state index in [1.54, 1.807) is 0 Å². The van der Waals surface area contributed by atoms with Gasteiger partial charge in [-0.3, -0.25) is 9.59 Å². The van der Waals surface area contributed by atoms with Gasteiger partial charge in [-0.05, 0) is 12.8 Å².